The van der Waals surface area contributed by atoms with E-state index in [1.807, 2.05) is 13.8 Å². The van der Waals surface area contributed by atoms with Gasteiger partial charge in [0.05, 0.1) is 0 Å². The normalized spacial score (nSPS) is 12.6. The molecular formula is C10H25N3O2S. The summed E-state index contributed by atoms with van der Waals surface area (Å²) < 4.78 is 27.2. The van der Waals surface area contributed by atoms with Gasteiger partial charge in [-0.2, -0.15) is 17.0 Å². The lowest BCUT2D eigenvalue weighted by molar-refractivity contribution is 0.356. The zero-order valence-electron chi connectivity index (χ0n) is 10.6. The summed E-state index contributed by atoms with van der Waals surface area (Å²) in [7, 11) is -1.67. The lowest BCUT2D eigenvalue weighted by Gasteiger charge is -2.26. The van der Waals surface area contributed by atoms with Gasteiger partial charge in [0.2, 0.25) is 0 Å². The fourth-order valence-electron chi connectivity index (χ4n) is 1.47. The molecule has 6 heteroatoms. The van der Waals surface area contributed by atoms with Crippen LogP contribution >= 0.6 is 0 Å². The van der Waals surface area contributed by atoms with Crippen LogP contribution in [0.25, 0.3) is 0 Å². The van der Waals surface area contributed by atoms with Gasteiger partial charge in [0.1, 0.15) is 0 Å². The smallest absolute Gasteiger partial charge is 0.281 e. The molecular weight excluding hydrogens is 226 g/mol. The van der Waals surface area contributed by atoms with Crippen molar-refractivity contribution in [1.29, 1.82) is 0 Å². The molecule has 0 saturated carbocycles. The van der Waals surface area contributed by atoms with Crippen LogP contribution in [0.3, 0.4) is 0 Å². The molecule has 0 fully saturated rings. The summed E-state index contributed by atoms with van der Waals surface area (Å²) >= 11 is 0. The van der Waals surface area contributed by atoms with Crippen molar-refractivity contribution in [1.82, 2.24) is 8.61 Å². The predicted molar refractivity (Wildman–Crippen MR) is 67.4 cm³/mol. The van der Waals surface area contributed by atoms with Crippen LogP contribution in [-0.2, 0) is 10.2 Å². The van der Waals surface area contributed by atoms with Crippen molar-refractivity contribution in [3.63, 3.8) is 0 Å². The molecule has 0 aromatic carbocycles. The van der Waals surface area contributed by atoms with Crippen molar-refractivity contribution in [3.8, 4) is 0 Å². The van der Waals surface area contributed by atoms with Gasteiger partial charge < -0.3 is 5.73 Å². The zero-order valence-corrected chi connectivity index (χ0v) is 11.5. The van der Waals surface area contributed by atoms with Gasteiger partial charge in [-0.15, -0.1) is 0 Å². The third-order valence-corrected chi connectivity index (χ3v) is 4.33. The van der Waals surface area contributed by atoms with Gasteiger partial charge in [-0.05, 0) is 25.8 Å². The molecule has 0 bridgehead atoms. The van der Waals surface area contributed by atoms with Crippen molar-refractivity contribution in [2.24, 2.45) is 5.73 Å². The molecule has 0 aliphatic carbocycles. The van der Waals surface area contributed by atoms with Crippen LogP contribution in [0.2, 0.25) is 0 Å². The first-order chi connectivity index (χ1) is 7.50. The summed E-state index contributed by atoms with van der Waals surface area (Å²) in [6.07, 6.45) is 2.37. The van der Waals surface area contributed by atoms with Gasteiger partial charge in [0.15, 0.2) is 0 Å². The SMILES string of the molecule is CCCN(CCC)S(=O)(=O)N(C)CCCN. The molecule has 0 radical (unpaired) electrons. The van der Waals surface area contributed by atoms with Crippen LogP contribution in [0.4, 0.5) is 0 Å². The third kappa shape index (κ3) is 4.78. The summed E-state index contributed by atoms with van der Waals surface area (Å²) in [6.45, 7) is 6.15. The predicted octanol–water partition coefficient (Wildman–Crippen LogP) is 0.634. The first-order valence-corrected chi connectivity index (χ1v) is 7.31. The first kappa shape index (κ1) is 15.8. The van der Waals surface area contributed by atoms with Crippen molar-refractivity contribution in [2.75, 3.05) is 33.2 Å². The minimum absolute atomic E-state index is 0.489. The molecule has 0 aromatic heterocycles. The van der Waals surface area contributed by atoms with E-state index in [1.165, 1.54) is 4.31 Å². The quantitative estimate of drug-likeness (QED) is 0.654. The molecule has 0 amide bonds. The topological polar surface area (TPSA) is 66.6 Å². The van der Waals surface area contributed by atoms with Gasteiger partial charge in [-0.1, -0.05) is 13.8 Å². The molecule has 0 heterocycles. The van der Waals surface area contributed by atoms with E-state index >= 15 is 0 Å². The van der Waals surface area contributed by atoms with Crippen LogP contribution in [-0.4, -0.2) is 50.3 Å². The molecule has 0 spiro atoms. The fraction of sp³-hybridized carbons (Fsp3) is 1.00. The molecule has 16 heavy (non-hydrogen) atoms. The van der Waals surface area contributed by atoms with Crippen molar-refractivity contribution < 1.29 is 8.42 Å². The van der Waals surface area contributed by atoms with Gasteiger partial charge in [0, 0.05) is 26.7 Å². The van der Waals surface area contributed by atoms with Crippen LogP contribution < -0.4 is 5.73 Å². The Kier molecular flexibility index (Phi) is 7.91. The van der Waals surface area contributed by atoms with E-state index in [0.29, 0.717) is 32.6 Å². The standard InChI is InChI=1S/C10H25N3O2S/c1-4-8-13(9-5-2)16(14,15)12(3)10-6-7-11/h4-11H2,1-3H3. The molecule has 98 valence electrons. The molecule has 2 N–H and O–H groups in total. The zero-order chi connectivity index (χ0) is 12.6. The maximum Gasteiger partial charge on any atom is 0.281 e. The number of nitrogens with two attached hydrogens (primary N) is 1. The number of hydrogen-bond acceptors (Lipinski definition) is 3. The molecule has 0 atom stereocenters. The monoisotopic (exact) mass is 251 g/mol. The highest BCUT2D eigenvalue weighted by Crippen LogP contribution is 2.08. The molecule has 0 aliphatic heterocycles. The highest BCUT2D eigenvalue weighted by molar-refractivity contribution is 7.86. The molecule has 0 saturated heterocycles. The Balaban J connectivity index is 4.56. The molecule has 5 nitrogen and oxygen atoms in total. The molecule has 0 aliphatic rings. The minimum atomic E-state index is -3.29. The Morgan fingerprint density at radius 3 is 1.94 bits per heavy atom. The highest BCUT2D eigenvalue weighted by atomic mass is 32.2. The van der Waals surface area contributed by atoms with Crippen LogP contribution in [0.15, 0.2) is 0 Å². The van der Waals surface area contributed by atoms with E-state index in [-0.39, 0.29) is 0 Å². The van der Waals surface area contributed by atoms with Crippen molar-refractivity contribution in [3.05, 3.63) is 0 Å². The number of rotatable bonds is 9. The van der Waals surface area contributed by atoms with E-state index in [1.54, 1.807) is 11.4 Å². The summed E-state index contributed by atoms with van der Waals surface area (Å²) in [5, 5.41) is 0. The van der Waals surface area contributed by atoms with Crippen molar-refractivity contribution >= 4 is 10.2 Å². The van der Waals surface area contributed by atoms with E-state index < -0.39 is 10.2 Å². The highest BCUT2D eigenvalue weighted by Gasteiger charge is 2.24. The largest absolute Gasteiger partial charge is 0.330 e. The summed E-state index contributed by atoms with van der Waals surface area (Å²) in [5.41, 5.74) is 5.38. The minimum Gasteiger partial charge on any atom is -0.330 e. The maximum atomic E-state index is 12.1. The van der Waals surface area contributed by atoms with E-state index in [9.17, 15) is 8.42 Å². The van der Waals surface area contributed by atoms with Gasteiger partial charge in [-0.3, -0.25) is 0 Å². The first-order valence-electron chi connectivity index (χ1n) is 5.92. The average Bonchev–Trinajstić information content (AvgIpc) is 2.25. The van der Waals surface area contributed by atoms with Crippen LogP contribution in [0.1, 0.15) is 33.1 Å². The van der Waals surface area contributed by atoms with E-state index in [2.05, 4.69) is 0 Å². The second-order valence-corrected chi connectivity index (χ2v) is 5.91. The van der Waals surface area contributed by atoms with Crippen LogP contribution in [0, 0.1) is 0 Å². The average molecular weight is 251 g/mol. The second-order valence-electron chi connectivity index (χ2n) is 3.87. The maximum absolute atomic E-state index is 12.1. The summed E-state index contributed by atoms with van der Waals surface area (Å²) in [5.74, 6) is 0. The fourth-order valence-corrected chi connectivity index (χ4v) is 3.05. The number of nitrogens with zero attached hydrogens (tertiary/aromatic N) is 2. The lowest BCUT2D eigenvalue weighted by Crippen LogP contribution is -2.43. The molecule has 0 aromatic rings. The Labute approximate surface area is 99.8 Å². The number of hydrogen-bond donors (Lipinski definition) is 1. The van der Waals surface area contributed by atoms with Gasteiger partial charge >= 0.3 is 0 Å². The van der Waals surface area contributed by atoms with Gasteiger partial charge in [0.25, 0.3) is 10.2 Å². The molecule has 0 unspecified atom stereocenters. The lowest BCUT2D eigenvalue weighted by atomic mass is 10.4. The Morgan fingerprint density at radius 1 is 1.06 bits per heavy atom. The Bertz CT molecular complexity index is 261. The molecule has 0 rings (SSSR count). The van der Waals surface area contributed by atoms with Gasteiger partial charge in [-0.25, -0.2) is 0 Å². The second kappa shape index (κ2) is 8.00. The Hall–Kier alpha value is -0.170. The van der Waals surface area contributed by atoms with Crippen LogP contribution in [0.5, 0.6) is 0 Å². The van der Waals surface area contributed by atoms with Crippen molar-refractivity contribution in [2.45, 2.75) is 33.1 Å². The van der Waals surface area contributed by atoms with E-state index in [4.69, 9.17) is 5.73 Å². The van der Waals surface area contributed by atoms with E-state index in [0.717, 1.165) is 12.8 Å². The third-order valence-electron chi connectivity index (χ3n) is 2.34. The summed E-state index contributed by atoms with van der Waals surface area (Å²) in [6, 6.07) is 0. The summed E-state index contributed by atoms with van der Waals surface area (Å²) in [4.78, 5) is 0. The Morgan fingerprint density at radius 2 is 1.56 bits per heavy atom.